The molecule has 0 radical (unpaired) electrons. The summed E-state index contributed by atoms with van der Waals surface area (Å²) in [5, 5.41) is 0. The molecule has 0 aromatic carbocycles. The van der Waals surface area contributed by atoms with Gasteiger partial charge in [0, 0.05) is 44.5 Å². The van der Waals surface area contributed by atoms with E-state index in [2.05, 4.69) is 15.0 Å². The Morgan fingerprint density at radius 1 is 1.23 bits per heavy atom. The maximum Gasteiger partial charge on any atom is 0.241 e. The van der Waals surface area contributed by atoms with E-state index in [1.165, 1.54) is 0 Å². The largest absolute Gasteiger partial charge is 0.436 e. The number of hydrogen-bond donors (Lipinski definition) is 0. The Kier molecular flexibility index (Phi) is 4.27. The number of aromatic nitrogens is 3. The standard InChI is InChI=1S/C16H18N4O2/c1-12(21)20-9-4-13(5-10-20)15-16(19-8-7-18-15)22-14-3-2-6-17-11-14/h2-3,6-8,11,13H,4-5,9-10H2,1H3. The molecule has 3 rings (SSSR count). The van der Waals surface area contributed by atoms with Crippen molar-refractivity contribution in [2.45, 2.75) is 25.7 Å². The molecule has 0 spiro atoms. The average Bonchev–Trinajstić information content (AvgIpc) is 2.56. The molecule has 3 heterocycles. The number of nitrogens with zero attached hydrogens (tertiary/aromatic N) is 4. The van der Waals surface area contributed by atoms with Gasteiger partial charge in [-0.1, -0.05) is 0 Å². The van der Waals surface area contributed by atoms with E-state index < -0.39 is 0 Å². The van der Waals surface area contributed by atoms with Crippen molar-refractivity contribution in [1.82, 2.24) is 19.9 Å². The van der Waals surface area contributed by atoms with Crippen molar-refractivity contribution in [3.8, 4) is 11.6 Å². The van der Waals surface area contributed by atoms with Gasteiger partial charge in [0.2, 0.25) is 11.8 Å². The van der Waals surface area contributed by atoms with Crippen molar-refractivity contribution in [3.05, 3.63) is 42.6 Å². The topological polar surface area (TPSA) is 68.2 Å². The average molecular weight is 298 g/mol. The van der Waals surface area contributed by atoms with E-state index in [0.29, 0.717) is 11.6 Å². The van der Waals surface area contributed by atoms with Crippen molar-refractivity contribution < 1.29 is 9.53 Å². The molecule has 1 aliphatic rings. The summed E-state index contributed by atoms with van der Waals surface area (Å²) in [5.74, 6) is 1.56. The van der Waals surface area contributed by atoms with E-state index in [1.807, 2.05) is 17.0 Å². The molecule has 0 N–H and O–H groups in total. The van der Waals surface area contributed by atoms with Crippen LogP contribution in [0.1, 0.15) is 31.4 Å². The first-order valence-electron chi connectivity index (χ1n) is 7.38. The fourth-order valence-electron chi connectivity index (χ4n) is 2.68. The summed E-state index contributed by atoms with van der Waals surface area (Å²) >= 11 is 0. The van der Waals surface area contributed by atoms with Crippen LogP contribution in [0.3, 0.4) is 0 Å². The summed E-state index contributed by atoms with van der Waals surface area (Å²) in [4.78, 5) is 26.1. The van der Waals surface area contributed by atoms with Crippen LogP contribution >= 0.6 is 0 Å². The molecule has 0 bridgehead atoms. The van der Waals surface area contributed by atoms with Crippen LogP contribution in [0, 0.1) is 0 Å². The number of hydrogen-bond acceptors (Lipinski definition) is 5. The van der Waals surface area contributed by atoms with Gasteiger partial charge in [-0.25, -0.2) is 4.98 Å². The minimum Gasteiger partial charge on any atom is -0.436 e. The fraction of sp³-hybridized carbons (Fsp3) is 0.375. The van der Waals surface area contributed by atoms with E-state index in [4.69, 9.17) is 4.74 Å². The third kappa shape index (κ3) is 3.21. The first-order chi connectivity index (χ1) is 10.7. The molecule has 114 valence electrons. The zero-order valence-corrected chi connectivity index (χ0v) is 12.5. The molecule has 22 heavy (non-hydrogen) atoms. The molecular formula is C16H18N4O2. The van der Waals surface area contributed by atoms with Gasteiger partial charge in [-0.15, -0.1) is 0 Å². The van der Waals surface area contributed by atoms with Gasteiger partial charge < -0.3 is 9.64 Å². The third-order valence-electron chi connectivity index (χ3n) is 3.87. The number of piperidine rings is 1. The molecule has 1 amide bonds. The SMILES string of the molecule is CC(=O)N1CCC(c2nccnc2Oc2cccnc2)CC1. The van der Waals surface area contributed by atoms with Crippen LogP contribution in [0.4, 0.5) is 0 Å². The van der Waals surface area contributed by atoms with E-state index in [-0.39, 0.29) is 11.8 Å². The summed E-state index contributed by atoms with van der Waals surface area (Å²) in [6.07, 6.45) is 8.41. The third-order valence-corrected chi connectivity index (χ3v) is 3.87. The zero-order chi connectivity index (χ0) is 15.4. The molecule has 6 heteroatoms. The molecule has 0 unspecified atom stereocenters. The second kappa shape index (κ2) is 6.51. The molecule has 2 aromatic heterocycles. The minimum atomic E-state index is 0.129. The van der Waals surface area contributed by atoms with Crippen LogP contribution in [-0.2, 0) is 4.79 Å². The maximum atomic E-state index is 11.4. The molecule has 1 saturated heterocycles. The predicted molar refractivity (Wildman–Crippen MR) is 80.6 cm³/mol. The van der Waals surface area contributed by atoms with E-state index in [1.54, 1.807) is 31.7 Å². The highest BCUT2D eigenvalue weighted by atomic mass is 16.5. The van der Waals surface area contributed by atoms with Crippen molar-refractivity contribution in [1.29, 1.82) is 0 Å². The molecular weight excluding hydrogens is 280 g/mol. The Bertz CT molecular complexity index is 640. The van der Waals surface area contributed by atoms with Crippen molar-refractivity contribution in [2.24, 2.45) is 0 Å². The summed E-state index contributed by atoms with van der Waals surface area (Å²) in [6, 6.07) is 3.65. The Hall–Kier alpha value is -2.50. The highest BCUT2D eigenvalue weighted by Crippen LogP contribution is 2.33. The second-order valence-electron chi connectivity index (χ2n) is 5.32. The molecule has 6 nitrogen and oxygen atoms in total. The number of pyridine rings is 1. The Balaban J connectivity index is 1.76. The quantitative estimate of drug-likeness (QED) is 0.870. The smallest absolute Gasteiger partial charge is 0.241 e. The molecule has 0 atom stereocenters. The molecule has 1 aliphatic heterocycles. The van der Waals surface area contributed by atoms with Gasteiger partial charge >= 0.3 is 0 Å². The lowest BCUT2D eigenvalue weighted by Crippen LogP contribution is -2.36. The van der Waals surface area contributed by atoms with Crippen LogP contribution in [0.25, 0.3) is 0 Å². The number of likely N-dealkylation sites (tertiary alicyclic amines) is 1. The number of carbonyl (C=O) groups is 1. The summed E-state index contributed by atoms with van der Waals surface area (Å²) in [7, 11) is 0. The molecule has 1 fully saturated rings. The first kappa shape index (κ1) is 14.4. The Morgan fingerprint density at radius 2 is 2.00 bits per heavy atom. The van der Waals surface area contributed by atoms with Gasteiger partial charge in [0.1, 0.15) is 11.4 Å². The minimum absolute atomic E-state index is 0.129. The van der Waals surface area contributed by atoms with Crippen molar-refractivity contribution >= 4 is 5.91 Å². The van der Waals surface area contributed by atoms with E-state index >= 15 is 0 Å². The highest BCUT2D eigenvalue weighted by Gasteiger charge is 2.26. The van der Waals surface area contributed by atoms with Crippen molar-refractivity contribution in [3.63, 3.8) is 0 Å². The lowest BCUT2D eigenvalue weighted by Gasteiger charge is -2.31. The van der Waals surface area contributed by atoms with Gasteiger partial charge in [0.05, 0.1) is 6.20 Å². The number of ether oxygens (including phenoxy) is 1. The summed E-state index contributed by atoms with van der Waals surface area (Å²) < 4.78 is 5.82. The van der Waals surface area contributed by atoms with Gasteiger partial charge in [0.15, 0.2) is 0 Å². The molecule has 2 aromatic rings. The van der Waals surface area contributed by atoms with Crippen LogP contribution in [0.2, 0.25) is 0 Å². The van der Waals surface area contributed by atoms with Gasteiger partial charge in [0.25, 0.3) is 0 Å². The van der Waals surface area contributed by atoms with Gasteiger partial charge in [-0.2, -0.15) is 0 Å². The molecule has 0 aliphatic carbocycles. The van der Waals surface area contributed by atoms with Crippen molar-refractivity contribution in [2.75, 3.05) is 13.1 Å². The second-order valence-corrected chi connectivity index (χ2v) is 5.32. The predicted octanol–water partition coefficient (Wildman–Crippen LogP) is 2.39. The van der Waals surface area contributed by atoms with Gasteiger partial charge in [-0.3, -0.25) is 14.8 Å². The van der Waals surface area contributed by atoms with Crippen LogP contribution in [0.5, 0.6) is 11.6 Å². The van der Waals surface area contributed by atoms with Crippen LogP contribution in [-0.4, -0.2) is 38.8 Å². The normalized spacial score (nSPS) is 15.6. The zero-order valence-electron chi connectivity index (χ0n) is 12.5. The highest BCUT2D eigenvalue weighted by molar-refractivity contribution is 5.73. The first-order valence-corrected chi connectivity index (χ1v) is 7.38. The van der Waals surface area contributed by atoms with Gasteiger partial charge in [-0.05, 0) is 25.0 Å². The summed E-state index contributed by atoms with van der Waals surface area (Å²) in [6.45, 7) is 3.12. The molecule has 0 saturated carbocycles. The number of rotatable bonds is 3. The maximum absolute atomic E-state index is 11.4. The van der Waals surface area contributed by atoms with E-state index in [0.717, 1.165) is 31.6 Å². The lowest BCUT2D eigenvalue weighted by molar-refractivity contribution is -0.129. The lowest BCUT2D eigenvalue weighted by atomic mass is 9.93. The fourth-order valence-corrected chi connectivity index (χ4v) is 2.68. The van der Waals surface area contributed by atoms with E-state index in [9.17, 15) is 4.79 Å². The van der Waals surface area contributed by atoms with Crippen LogP contribution in [0.15, 0.2) is 36.9 Å². The number of amides is 1. The summed E-state index contributed by atoms with van der Waals surface area (Å²) in [5.41, 5.74) is 0.856. The van der Waals surface area contributed by atoms with Crippen LogP contribution < -0.4 is 4.74 Å². The Morgan fingerprint density at radius 3 is 2.68 bits per heavy atom. The Labute approximate surface area is 129 Å². The number of carbonyl (C=O) groups excluding carboxylic acids is 1. The monoisotopic (exact) mass is 298 g/mol.